The molecule has 0 amide bonds. The molecule has 0 saturated heterocycles. The van der Waals surface area contributed by atoms with Crippen LogP contribution in [0.1, 0.15) is 87.3 Å². The van der Waals surface area contributed by atoms with Crippen molar-refractivity contribution in [2.24, 2.45) is 0 Å². The smallest absolute Gasteiger partial charge is 0.252 e. The van der Waals surface area contributed by atoms with E-state index >= 15 is 0 Å². The summed E-state index contributed by atoms with van der Waals surface area (Å²) in [4.78, 5) is 4.67. The van der Waals surface area contributed by atoms with E-state index in [2.05, 4.69) is 205 Å². The summed E-state index contributed by atoms with van der Waals surface area (Å²) in [6.07, 6.45) is 0. The van der Waals surface area contributed by atoms with Gasteiger partial charge in [0.25, 0.3) is 6.71 Å². The summed E-state index contributed by atoms with van der Waals surface area (Å²) < 4.78 is 26.7. The van der Waals surface area contributed by atoms with Gasteiger partial charge in [0, 0.05) is 43.5 Å². The van der Waals surface area contributed by atoms with Crippen LogP contribution in [0, 0.1) is 6.85 Å². The number of aryl methyl sites for hydroxylation is 1. The Balaban J connectivity index is 1.41. The average Bonchev–Trinajstić information content (AvgIpc) is 3.22. The summed E-state index contributed by atoms with van der Waals surface area (Å²) in [7, 11) is 0. The van der Waals surface area contributed by atoms with E-state index in [1.54, 1.807) is 0 Å². The highest BCUT2D eigenvalue weighted by Crippen LogP contribution is 2.48. The molecular formula is C54H53BN2. The van der Waals surface area contributed by atoms with Crippen molar-refractivity contribution in [1.82, 2.24) is 0 Å². The molecule has 0 unspecified atom stereocenters. The van der Waals surface area contributed by atoms with Crippen molar-refractivity contribution in [2.75, 3.05) is 9.80 Å². The molecule has 282 valence electrons. The monoisotopic (exact) mass is 743 g/mol. The van der Waals surface area contributed by atoms with Gasteiger partial charge in [-0.15, -0.1) is 0 Å². The minimum absolute atomic E-state index is 0.0209. The summed E-state index contributed by atoms with van der Waals surface area (Å²) in [5, 5.41) is 0. The molecule has 0 saturated carbocycles. The zero-order valence-corrected chi connectivity index (χ0v) is 34.5. The van der Waals surface area contributed by atoms with Crippen LogP contribution in [0.5, 0.6) is 0 Å². The van der Waals surface area contributed by atoms with Crippen LogP contribution < -0.4 is 26.2 Å². The van der Waals surface area contributed by atoms with Gasteiger partial charge in [-0.25, -0.2) is 0 Å². The van der Waals surface area contributed by atoms with Gasteiger partial charge >= 0.3 is 0 Å². The van der Waals surface area contributed by atoms with Crippen molar-refractivity contribution in [1.29, 1.82) is 0 Å². The third-order valence-corrected chi connectivity index (χ3v) is 12.4. The lowest BCUT2D eigenvalue weighted by atomic mass is 9.33. The van der Waals surface area contributed by atoms with E-state index in [0.717, 1.165) is 50.7 Å². The van der Waals surface area contributed by atoms with Gasteiger partial charge in [0.15, 0.2) is 0 Å². The highest BCUT2D eigenvalue weighted by Gasteiger charge is 2.45. The van der Waals surface area contributed by atoms with Gasteiger partial charge in [0.05, 0.1) is 5.69 Å². The zero-order valence-electron chi connectivity index (χ0n) is 37.5. The molecule has 0 spiro atoms. The van der Waals surface area contributed by atoms with Crippen LogP contribution in [0.2, 0.25) is 0 Å². The van der Waals surface area contributed by atoms with Gasteiger partial charge in [-0.3, -0.25) is 0 Å². The predicted molar refractivity (Wildman–Crippen MR) is 247 cm³/mol. The Bertz CT molecular complexity index is 2740. The van der Waals surface area contributed by atoms with E-state index < -0.39 is 6.85 Å². The molecule has 3 heteroatoms. The quantitative estimate of drug-likeness (QED) is 0.162. The fraction of sp³-hybridized carbons (Fsp3) is 0.222. The Morgan fingerprint density at radius 1 is 0.439 bits per heavy atom. The van der Waals surface area contributed by atoms with Crippen molar-refractivity contribution in [3.8, 4) is 11.1 Å². The van der Waals surface area contributed by atoms with Gasteiger partial charge in [-0.2, -0.15) is 0 Å². The van der Waals surface area contributed by atoms with Crippen LogP contribution in [0.3, 0.4) is 0 Å². The molecule has 2 aliphatic heterocycles. The summed E-state index contributed by atoms with van der Waals surface area (Å²) in [6.45, 7) is 15.6. The fourth-order valence-corrected chi connectivity index (χ4v) is 9.06. The van der Waals surface area contributed by atoms with Crippen LogP contribution in [-0.2, 0) is 16.2 Å². The number of hydrogen-bond donors (Lipinski definition) is 0. The van der Waals surface area contributed by atoms with E-state index in [4.69, 9.17) is 4.11 Å². The lowest BCUT2D eigenvalue weighted by Gasteiger charge is -2.45. The molecule has 2 aliphatic rings. The van der Waals surface area contributed by atoms with E-state index in [0.29, 0.717) is 5.56 Å². The maximum Gasteiger partial charge on any atom is 0.252 e. The first-order valence-electron chi connectivity index (χ1n) is 21.8. The predicted octanol–water partition coefficient (Wildman–Crippen LogP) is 12.7. The molecule has 7 aromatic rings. The highest BCUT2D eigenvalue weighted by atomic mass is 15.2. The Hall–Kier alpha value is -5.80. The molecule has 7 aromatic carbocycles. The number of para-hydroxylation sites is 1. The van der Waals surface area contributed by atoms with Crippen LogP contribution in [0.25, 0.3) is 11.1 Å². The Morgan fingerprint density at radius 3 is 1.60 bits per heavy atom. The lowest BCUT2D eigenvalue weighted by Crippen LogP contribution is -2.61. The minimum atomic E-state index is -2.35. The number of rotatable bonds is 5. The Labute approximate surface area is 345 Å². The molecule has 2 nitrogen and oxygen atoms in total. The van der Waals surface area contributed by atoms with E-state index in [9.17, 15) is 0 Å². The number of hydrogen-bond acceptors (Lipinski definition) is 2. The van der Waals surface area contributed by atoms with Crippen molar-refractivity contribution in [3.63, 3.8) is 0 Å². The van der Waals surface area contributed by atoms with E-state index in [1.807, 2.05) is 18.2 Å². The van der Waals surface area contributed by atoms with Crippen LogP contribution in [0.4, 0.5) is 34.1 Å². The SMILES string of the molecule is [2H]C([2H])([2H])c1cc2c3c(c1)N(c1ccccc1-c1ccccc1)c1ccc(C(C)(C)c4ccccc4)cc1B3c1cc(C(C)(C)C)ccc1N2c1ccc(C(C)(C)C)cc1. The topological polar surface area (TPSA) is 6.48 Å². The Morgan fingerprint density at radius 2 is 0.965 bits per heavy atom. The molecule has 9 rings (SSSR count). The number of fused-ring (bicyclic) bond motifs is 4. The maximum absolute atomic E-state index is 8.91. The number of benzene rings is 7. The first-order chi connectivity index (χ1) is 28.4. The molecule has 2 heterocycles. The van der Waals surface area contributed by atoms with Crippen molar-refractivity contribution in [3.05, 3.63) is 186 Å². The van der Waals surface area contributed by atoms with Crippen molar-refractivity contribution >= 4 is 57.2 Å². The van der Waals surface area contributed by atoms with Gasteiger partial charge in [-0.1, -0.05) is 171 Å². The van der Waals surface area contributed by atoms with E-state index in [1.165, 1.54) is 33.2 Å². The molecule has 0 aromatic heterocycles. The fourth-order valence-electron chi connectivity index (χ4n) is 9.06. The molecule has 0 radical (unpaired) electrons. The third kappa shape index (κ3) is 6.20. The zero-order chi connectivity index (χ0) is 42.4. The molecule has 0 fully saturated rings. The van der Waals surface area contributed by atoms with Crippen molar-refractivity contribution < 1.29 is 4.11 Å². The van der Waals surface area contributed by atoms with Crippen LogP contribution in [-0.4, -0.2) is 6.71 Å². The maximum atomic E-state index is 8.91. The van der Waals surface area contributed by atoms with Gasteiger partial charge < -0.3 is 9.80 Å². The average molecular weight is 744 g/mol. The van der Waals surface area contributed by atoms with Gasteiger partial charge in [0.1, 0.15) is 0 Å². The first kappa shape index (κ1) is 33.4. The summed E-state index contributed by atoms with van der Waals surface area (Å²) in [5.41, 5.74) is 16.5. The summed E-state index contributed by atoms with van der Waals surface area (Å²) in [6, 6.07) is 56.5. The standard InChI is InChI=1S/C54H53BN2/c1-36-32-49-51-50(33-36)57(46-23-17-16-22-43(46)37-18-12-10-13-19-37)48-31-27-41(54(8,9)39-20-14-11-15-21-39)35-45(48)55(51)44-34-40(53(5,6)7)26-30-47(44)56(49)42-28-24-38(25-29-42)52(2,3)4/h10-35H,1-9H3/i1D3. The molecule has 0 bridgehead atoms. The summed E-state index contributed by atoms with van der Waals surface area (Å²) in [5.74, 6) is 0. The molecular weight excluding hydrogens is 687 g/mol. The third-order valence-electron chi connectivity index (χ3n) is 12.4. The summed E-state index contributed by atoms with van der Waals surface area (Å²) >= 11 is 0. The molecule has 57 heavy (non-hydrogen) atoms. The Kier molecular flexibility index (Phi) is 7.85. The largest absolute Gasteiger partial charge is 0.311 e. The number of anilines is 6. The van der Waals surface area contributed by atoms with Crippen LogP contribution >= 0.6 is 0 Å². The van der Waals surface area contributed by atoms with Crippen LogP contribution in [0.15, 0.2) is 158 Å². The first-order valence-corrected chi connectivity index (χ1v) is 20.3. The second-order valence-corrected chi connectivity index (χ2v) is 18.5. The normalized spacial score (nSPS) is 14.6. The second kappa shape index (κ2) is 13.4. The molecule has 0 N–H and O–H groups in total. The van der Waals surface area contributed by atoms with Gasteiger partial charge in [-0.05, 0) is 110 Å². The van der Waals surface area contributed by atoms with E-state index in [-0.39, 0.29) is 23.0 Å². The van der Waals surface area contributed by atoms with Crippen molar-refractivity contribution in [2.45, 2.75) is 78.5 Å². The highest BCUT2D eigenvalue weighted by molar-refractivity contribution is 7.00. The second-order valence-electron chi connectivity index (χ2n) is 18.5. The minimum Gasteiger partial charge on any atom is -0.311 e. The van der Waals surface area contributed by atoms with Gasteiger partial charge in [0.2, 0.25) is 0 Å². The molecule has 0 atom stereocenters. The molecule has 0 aliphatic carbocycles. The lowest BCUT2D eigenvalue weighted by molar-refractivity contribution is 0.590. The number of nitrogens with zero attached hydrogens (tertiary/aromatic N) is 2.